The Morgan fingerprint density at radius 1 is 1.26 bits per heavy atom. The summed E-state index contributed by atoms with van der Waals surface area (Å²) in [4.78, 5) is 11.3. The van der Waals surface area contributed by atoms with Crippen LogP contribution < -0.4 is 5.73 Å². The maximum Gasteiger partial charge on any atom is 0.322 e. The monoisotopic (exact) mass is 334 g/mol. The lowest BCUT2D eigenvalue weighted by molar-refractivity contribution is -0.142. The van der Waals surface area contributed by atoms with Crippen molar-refractivity contribution in [2.24, 2.45) is 5.73 Å². The summed E-state index contributed by atoms with van der Waals surface area (Å²) in [6.07, 6.45) is 0.370. The van der Waals surface area contributed by atoms with Crippen molar-refractivity contribution in [2.45, 2.75) is 12.5 Å². The minimum atomic E-state index is -0.705. The van der Waals surface area contributed by atoms with Gasteiger partial charge in [-0.25, -0.2) is 4.39 Å². The van der Waals surface area contributed by atoms with Crippen molar-refractivity contribution >= 4 is 18.4 Å². The number of hydrogen-bond donors (Lipinski definition) is 1. The molecule has 0 fully saturated rings. The van der Waals surface area contributed by atoms with Gasteiger partial charge >= 0.3 is 5.97 Å². The molecule has 0 aliphatic carbocycles. The van der Waals surface area contributed by atoms with Gasteiger partial charge in [0.2, 0.25) is 0 Å². The molecule has 6 heteroatoms. The second-order valence-electron chi connectivity index (χ2n) is 4.84. The van der Waals surface area contributed by atoms with Gasteiger partial charge in [-0.15, -0.1) is 12.4 Å². The molecule has 0 aliphatic heterocycles. The Morgan fingerprint density at radius 2 is 1.87 bits per heavy atom. The van der Waals surface area contributed by atoms with Crippen molar-refractivity contribution in [3.63, 3.8) is 0 Å². The number of methoxy groups -OCH3 is 1. The number of carbonyl (C=O) groups is 1. The van der Waals surface area contributed by atoms with Crippen molar-refractivity contribution < 1.29 is 13.9 Å². The van der Waals surface area contributed by atoms with Gasteiger partial charge in [0, 0.05) is 0 Å². The third kappa shape index (κ3) is 4.52. The standard InChI is InChI=1S/C17H15FN2O2.ClH/c1-22-17(21)16(20)8-11-2-4-12(5-3-11)13-6-7-14(10-19)15(18)9-13;/h2-7,9,16H,8,20H2,1H3;1H/t16-;/m0./s1. The molecule has 2 aromatic rings. The second kappa shape index (κ2) is 8.28. The molecule has 1 atom stereocenters. The Bertz CT molecular complexity index is 726. The quantitative estimate of drug-likeness (QED) is 0.872. The number of nitriles is 1. The maximum absolute atomic E-state index is 13.6. The first kappa shape index (κ1) is 18.6. The smallest absolute Gasteiger partial charge is 0.322 e. The van der Waals surface area contributed by atoms with Gasteiger partial charge in [-0.05, 0) is 35.2 Å². The van der Waals surface area contributed by atoms with Crippen LogP contribution in [0.15, 0.2) is 42.5 Å². The Hall–Kier alpha value is -2.42. The van der Waals surface area contributed by atoms with Gasteiger partial charge in [-0.3, -0.25) is 4.79 Å². The lowest BCUT2D eigenvalue weighted by Crippen LogP contribution is -2.33. The van der Waals surface area contributed by atoms with Gasteiger partial charge < -0.3 is 10.5 Å². The molecule has 0 saturated carbocycles. The number of halogens is 2. The zero-order valence-corrected chi connectivity index (χ0v) is 13.3. The third-order valence-electron chi connectivity index (χ3n) is 3.34. The van der Waals surface area contributed by atoms with E-state index in [0.717, 1.165) is 11.1 Å². The first-order valence-electron chi connectivity index (χ1n) is 6.67. The number of rotatable bonds is 4. The Morgan fingerprint density at radius 3 is 2.39 bits per heavy atom. The molecule has 0 saturated heterocycles. The largest absolute Gasteiger partial charge is 0.468 e. The fourth-order valence-corrected chi connectivity index (χ4v) is 2.11. The van der Waals surface area contributed by atoms with Crippen LogP contribution in [0.1, 0.15) is 11.1 Å². The number of nitrogens with zero attached hydrogens (tertiary/aromatic N) is 1. The van der Waals surface area contributed by atoms with Gasteiger partial charge in [0.05, 0.1) is 12.7 Å². The fraction of sp³-hybridized carbons (Fsp3) is 0.176. The van der Waals surface area contributed by atoms with Gasteiger partial charge in [-0.1, -0.05) is 30.3 Å². The zero-order chi connectivity index (χ0) is 16.1. The normalized spacial score (nSPS) is 11.0. The summed E-state index contributed by atoms with van der Waals surface area (Å²) in [7, 11) is 1.30. The van der Waals surface area contributed by atoms with E-state index in [-0.39, 0.29) is 18.0 Å². The first-order chi connectivity index (χ1) is 10.5. The zero-order valence-electron chi connectivity index (χ0n) is 12.5. The van der Waals surface area contributed by atoms with E-state index in [1.54, 1.807) is 12.1 Å². The van der Waals surface area contributed by atoms with Crippen molar-refractivity contribution in [3.8, 4) is 17.2 Å². The predicted octanol–water partition coefficient (Wildman–Crippen LogP) is 2.83. The van der Waals surface area contributed by atoms with E-state index < -0.39 is 17.8 Å². The third-order valence-corrected chi connectivity index (χ3v) is 3.34. The lowest BCUT2D eigenvalue weighted by atomic mass is 10.00. The lowest BCUT2D eigenvalue weighted by Gasteiger charge is -2.10. The number of benzene rings is 2. The molecule has 2 N–H and O–H groups in total. The second-order valence-corrected chi connectivity index (χ2v) is 4.84. The molecule has 0 aliphatic rings. The number of esters is 1. The molecule has 23 heavy (non-hydrogen) atoms. The van der Waals surface area contributed by atoms with Gasteiger partial charge in [0.15, 0.2) is 0 Å². The summed E-state index contributed by atoms with van der Waals surface area (Å²) < 4.78 is 18.2. The summed E-state index contributed by atoms with van der Waals surface area (Å²) in [5, 5.41) is 8.73. The van der Waals surface area contributed by atoms with E-state index in [2.05, 4.69) is 4.74 Å². The molecule has 0 bridgehead atoms. The molecule has 4 nitrogen and oxygen atoms in total. The van der Waals surface area contributed by atoms with Crippen LogP contribution in [-0.2, 0) is 16.0 Å². The van der Waals surface area contributed by atoms with Crippen LogP contribution in [0.4, 0.5) is 4.39 Å². The molecule has 0 heterocycles. The molecule has 0 amide bonds. The number of carbonyl (C=O) groups excluding carboxylic acids is 1. The van der Waals surface area contributed by atoms with E-state index in [9.17, 15) is 9.18 Å². The van der Waals surface area contributed by atoms with Crippen molar-refractivity contribution in [1.82, 2.24) is 0 Å². The predicted molar refractivity (Wildman–Crippen MR) is 87.5 cm³/mol. The van der Waals surface area contributed by atoms with E-state index in [1.165, 1.54) is 19.2 Å². The first-order valence-corrected chi connectivity index (χ1v) is 6.67. The minimum absolute atomic E-state index is 0. The summed E-state index contributed by atoms with van der Waals surface area (Å²) >= 11 is 0. The average molecular weight is 335 g/mol. The summed E-state index contributed by atoms with van der Waals surface area (Å²) in [6.45, 7) is 0. The Labute approximate surface area is 140 Å². The number of hydrogen-bond acceptors (Lipinski definition) is 4. The van der Waals surface area contributed by atoms with Crippen LogP contribution in [-0.4, -0.2) is 19.1 Å². The van der Waals surface area contributed by atoms with E-state index in [4.69, 9.17) is 11.0 Å². The number of ether oxygens (including phenoxy) is 1. The topological polar surface area (TPSA) is 76.1 Å². The van der Waals surface area contributed by atoms with Crippen molar-refractivity contribution in [2.75, 3.05) is 7.11 Å². The van der Waals surface area contributed by atoms with Crippen LogP contribution in [0.5, 0.6) is 0 Å². The molecule has 2 rings (SSSR count). The molecular weight excluding hydrogens is 319 g/mol. The van der Waals surface area contributed by atoms with E-state index >= 15 is 0 Å². The molecule has 0 aromatic heterocycles. The SMILES string of the molecule is COC(=O)[C@@H](N)Cc1ccc(-c2ccc(C#N)c(F)c2)cc1.Cl. The summed E-state index contributed by atoms with van der Waals surface area (Å²) in [6, 6.07) is 12.8. The fourth-order valence-electron chi connectivity index (χ4n) is 2.11. The highest BCUT2D eigenvalue weighted by atomic mass is 35.5. The molecule has 0 unspecified atom stereocenters. The minimum Gasteiger partial charge on any atom is -0.468 e. The Balaban J connectivity index is 0.00000264. The van der Waals surface area contributed by atoms with Crippen LogP contribution in [0, 0.1) is 17.1 Å². The van der Waals surface area contributed by atoms with Crippen LogP contribution in [0.25, 0.3) is 11.1 Å². The van der Waals surface area contributed by atoms with Crippen LogP contribution >= 0.6 is 12.4 Å². The molecule has 0 radical (unpaired) electrons. The van der Waals surface area contributed by atoms with E-state index in [0.29, 0.717) is 12.0 Å². The molecule has 120 valence electrons. The summed E-state index contributed by atoms with van der Waals surface area (Å²) in [5.74, 6) is -1.00. The molecular formula is C17H16ClFN2O2. The highest BCUT2D eigenvalue weighted by Crippen LogP contribution is 2.22. The average Bonchev–Trinajstić information content (AvgIpc) is 2.54. The van der Waals surface area contributed by atoms with Gasteiger partial charge in [0.1, 0.15) is 17.9 Å². The highest BCUT2D eigenvalue weighted by Gasteiger charge is 2.14. The van der Waals surface area contributed by atoms with Crippen LogP contribution in [0.2, 0.25) is 0 Å². The molecule has 0 spiro atoms. The van der Waals surface area contributed by atoms with Crippen molar-refractivity contribution in [3.05, 3.63) is 59.4 Å². The maximum atomic E-state index is 13.6. The van der Waals surface area contributed by atoms with Crippen LogP contribution in [0.3, 0.4) is 0 Å². The Kier molecular flexibility index (Phi) is 6.70. The van der Waals surface area contributed by atoms with Crippen molar-refractivity contribution in [1.29, 1.82) is 5.26 Å². The summed E-state index contributed by atoms with van der Waals surface area (Å²) in [5.41, 5.74) is 8.11. The van der Waals surface area contributed by atoms with Gasteiger partial charge in [0.25, 0.3) is 0 Å². The molecule has 2 aromatic carbocycles. The number of nitrogens with two attached hydrogens (primary N) is 1. The van der Waals surface area contributed by atoms with E-state index in [1.807, 2.05) is 24.3 Å². The highest BCUT2D eigenvalue weighted by molar-refractivity contribution is 5.85. The van der Waals surface area contributed by atoms with Gasteiger partial charge in [-0.2, -0.15) is 5.26 Å².